The summed E-state index contributed by atoms with van der Waals surface area (Å²) in [6.07, 6.45) is 8.26. The molecule has 1 aromatic carbocycles. The molecule has 1 aromatic rings. The summed E-state index contributed by atoms with van der Waals surface area (Å²) in [5, 5.41) is 0.855. The fraction of sp³-hybridized carbons (Fsp3) is 0.600. The standard InChI is InChI=1S/C15H20Br2O/c16-11-13-10-14(6-7-15(13)17)18-9-8-12-4-2-1-3-5-12/h6-7,10,12H,1-5,8-9,11H2. The van der Waals surface area contributed by atoms with Crippen LogP contribution in [0.15, 0.2) is 22.7 Å². The highest BCUT2D eigenvalue weighted by atomic mass is 79.9. The Morgan fingerprint density at radius 3 is 2.67 bits per heavy atom. The van der Waals surface area contributed by atoms with Crippen LogP contribution in [0.4, 0.5) is 0 Å². The molecule has 0 amide bonds. The zero-order valence-electron chi connectivity index (χ0n) is 10.6. The summed E-state index contributed by atoms with van der Waals surface area (Å²) in [5.74, 6) is 1.88. The fourth-order valence-corrected chi connectivity index (χ4v) is 3.79. The van der Waals surface area contributed by atoms with Crippen molar-refractivity contribution in [3.8, 4) is 5.75 Å². The average molecular weight is 376 g/mol. The van der Waals surface area contributed by atoms with Gasteiger partial charge in [-0.15, -0.1) is 0 Å². The second-order valence-corrected chi connectivity index (χ2v) is 6.44. The molecule has 0 saturated heterocycles. The molecule has 0 N–H and O–H groups in total. The highest BCUT2D eigenvalue weighted by Crippen LogP contribution is 2.27. The first-order valence-electron chi connectivity index (χ1n) is 6.77. The zero-order valence-corrected chi connectivity index (χ0v) is 13.8. The van der Waals surface area contributed by atoms with Crippen molar-refractivity contribution in [1.29, 1.82) is 0 Å². The van der Waals surface area contributed by atoms with Gasteiger partial charge in [0.05, 0.1) is 6.61 Å². The van der Waals surface area contributed by atoms with Crippen LogP contribution in [-0.4, -0.2) is 6.61 Å². The van der Waals surface area contributed by atoms with Crippen molar-refractivity contribution in [3.63, 3.8) is 0 Å². The molecule has 18 heavy (non-hydrogen) atoms. The monoisotopic (exact) mass is 374 g/mol. The van der Waals surface area contributed by atoms with Crippen LogP contribution in [-0.2, 0) is 5.33 Å². The molecule has 0 bridgehead atoms. The van der Waals surface area contributed by atoms with Gasteiger partial charge in [0.1, 0.15) is 5.75 Å². The maximum atomic E-state index is 5.86. The minimum absolute atomic E-state index is 0.855. The van der Waals surface area contributed by atoms with Gasteiger partial charge in [-0.3, -0.25) is 0 Å². The number of benzene rings is 1. The number of rotatable bonds is 5. The van der Waals surface area contributed by atoms with E-state index < -0.39 is 0 Å². The van der Waals surface area contributed by atoms with Gasteiger partial charge in [-0.25, -0.2) is 0 Å². The van der Waals surface area contributed by atoms with Crippen LogP contribution < -0.4 is 4.74 Å². The van der Waals surface area contributed by atoms with E-state index in [1.807, 2.05) is 6.07 Å². The van der Waals surface area contributed by atoms with E-state index in [0.29, 0.717) is 0 Å². The van der Waals surface area contributed by atoms with Crippen LogP contribution in [0.25, 0.3) is 0 Å². The first-order valence-corrected chi connectivity index (χ1v) is 8.68. The molecule has 100 valence electrons. The smallest absolute Gasteiger partial charge is 0.119 e. The Balaban J connectivity index is 1.79. The van der Waals surface area contributed by atoms with Crippen molar-refractivity contribution in [1.82, 2.24) is 0 Å². The lowest BCUT2D eigenvalue weighted by atomic mass is 9.87. The van der Waals surface area contributed by atoms with Crippen molar-refractivity contribution in [3.05, 3.63) is 28.2 Å². The molecule has 1 fully saturated rings. The van der Waals surface area contributed by atoms with Crippen LogP contribution in [0.3, 0.4) is 0 Å². The van der Waals surface area contributed by atoms with Crippen LogP contribution in [0, 0.1) is 5.92 Å². The molecule has 0 aliphatic heterocycles. The molecule has 1 aliphatic rings. The van der Waals surface area contributed by atoms with Gasteiger partial charge in [-0.2, -0.15) is 0 Å². The van der Waals surface area contributed by atoms with Gasteiger partial charge < -0.3 is 4.74 Å². The van der Waals surface area contributed by atoms with Gasteiger partial charge in [0, 0.05) is 9.80 Å². The number of halogens is 2. The molecular weight excluding hydrogens is 356 g/mol. The van der Waals surface area contributed by atoms with Crippen LogP contribution in [0.1, 0.15) is 44.1 Å². The molecule has 3 heteroatoms. The normalized spacial score (nSPS) is 16.8. The summed E-state index contributed by atoms with van der Waals surface area (Å²) in [6, 6.07) is 6.21. The van der Waals surface area contributed by atoms with E-state index in [1.54, 1.807) is 0 Å². The maximum Gasteiger partial charge on any atom is 0.119 e. The molecule has 0 aromatic heterocycles. The lowest BCUT2D eigenvalue weighted by Gasteiger charge is -2.21. The minimum atomic E-state index is 0.855. The lowest BCUT2D eigenvalue weighted by Crippen LogP contribution is -2.10. The SMILES string of the molecule is BrCc1cc(OCCC2CCCCC2)ccc1Br. The third kappa shape index (κ3) is 4.27. The van der Waals surface area contributed by atoms with E-state index in [1.165, 1.54) is 44.1 Å². The maximum absolute atomic E-state index is 5.86. The predicted octanol–water partition coefficient (Wildman–Crippen LogP) is 5.69. The Kier molecular flexibility index (Phi) is 6.03. The molecule has 2 rings (SSSR count). The fourth-order valence-electron chi connectivity index (χ4n) is 2.56. The van der Waals surface area contributed by atoms with Crippen LogP contribution in [0.2, 0.25) is 0 Å². The Morgan fingerprint density at radius 2 is 1.94 bits per heavy atom. The van der Waals surface area contributed by atoms with Gasteiger partial charge in [0.25, 0.3) is 0 Å². The quantitative estimate of drug-likeness (QED) is 0.600. The number of alkyl halides is 1. The number of hydrogen-bond acceptors (Lipinski definition) is 1. The second-order valence-electron chi connectivity index (χ2n) is 5.03. The van der Waals surface area contributed by atoms with Gasteiger partial charge in [0.2, 0.25) is 0 Å². The third-order valence-electron chi connectivity index (χ3n) is 3.68. The summed E-state index contributed by atoms with van der Waals surface area (Å²) in [7, 11) is 0. The molecule has 1 saturated carbocycles. The second kappa shape index (κ2) is 7.54. The molecule has 0 atom stereocenters. The summed E-state index contributed by atoms with van der Waals surface area (Å²) >= 11 is 7.02. The summed E-state index contributed by atoms with van der Waals surface area (Å²) < 4.78 is 7.00. The van der Waals surface area contributed by atoms with E-state index in [4.69, 9.17) is 4.74 Å². The van der Waals surface area contributed by atoms with E-state index in [-0.39, 0.29) is 0 Å². The molecular formula is C15H20Br2O. The van der Waals surface area contributed by atoms with Crippen molar-refractivity contribution in [2.24, 2.45) is 5.92 Å². The van der Waals surface area contributed by atoms with E-state index in [9.17, 15) is 0 Å². The molecule has 1 nitrogen and oxygen atoms in total. The van der Waals surface area contributed by atoms with E-state index in [0.717, 1.165) is 28.1 Å². The topological polar surface area (TPSA) is 9.23 Å². The number of hydrogen-bond donors (Lipinski definition) is 0. The van der Waals surface area contributed by atoms with Gasteiger partial charge in [0.15, 0.2) is 0 Å². The van der Waals surface area contributed by atoms with E-state index in [2.05, 4.69) is 44.0 Å². The van der Waals surface area contributed by atoms with Crippen molar-refractivity contribution >= 4 is 31.9 Å². The highest BCUT2D eigenvalue weighted by molar-refractivity contribution is 9.10. The molecule has 0 unspecified atom stereocenters. The average Bonchev–Trinajstić information content (AvgIpc) is 2.42. The largest absolute Gasteiger partial charge is 0.494 e. The minimum Gasteiger partial charge on any atom is -0.494 e. The lowest BCUT2D eigenvalue weighted by molar-refractivity contribution is 0.246. The van der Waals surface area contributed by atoms with Gasteiger partial charge >= 0.3 is 0 Å². The summed E-state index contributed by atoms with van der Waals surface area (Å²) in [6.45, 7) is 0.855. The third-order valence-corrected chi connectivity index (χ3v) is 5.06. The summed E-state index contributed by atoms with van der Waals surface area (Å²) in [4.78, 5) is 0. The zero-order chi connectivity index (χ0) is 12.8. The molecule has 1 aliphatic carbocycles. The van der Waals surface area contributed by atoms with Gasteiger partial charge in [-0.05, 0) is 36.1 Å². The molecule has 0 spiro atoms. The predicted molar refractivity (Wildman–Crippen MR) is 83.5 cm³/mol. The summed E-state index contributed by atoms with van der Waals surface area (Å²) in [5.41, 5.74) is 1.24. The van der Waals surface area contributed by atoms with E-state index >= 15 is 0 Å². The number of ether oxygens (including phenoxy) is 1. The van der Waals surface area contributed by atoms with Crippen LogP contribution >= 0.6 is 31.9 Å². The molecule has 0 radical (unpaired) electrons. The van der Waals surface area contributed by atoms with Crippen LogP contribution in [0.5, 0.6) is 5.75 Å². The Morgan fingerprint density at radius 1 is 1.17 bits per heavy atom. The van der Waals surface area contributed by atoms with Gasteiger partial charge in [-0.1, -0.05) is 64.0 Å². The Labute approximate surface area is 127 Å². The first kappa shape index (κ1) is 14.4. The Bertz CT molecular complexity index is 373. The Hall–Kier alpha value is -0.0200. The van der Waals surface area contributed by atoms with Crippen molar-refractivity contribution < 1.29 is 4.74 Å². The highest BCUT2D eigenvalue weighted by Gasteiger charge is 2.13. The van der Waals surface area contributed by atoms with Crippen molar-refractivity contribution in [2.45, 2.75) is 43.9 Å². The van der Waals surface area contributed by atoms with Crippen molar-refractivity contribution in [2.75, 3.05) is 6.61 Å². The first-order chi connectivity index (χ1) is 8.79. The molecule has 0 heterocycles.